The second-order valence-corrected chi connectivity index (χ2v) is 8.46. The molecule has 0 bridgehead atoms. The molecule has 0 amide bonds. The van der Waals surface area contributed by atoms with Crippen LogP contribution in [0, 0.1) is 0 Å². The van der Waals surface area contributed by atoms with Crippen molar-refractivity contribution in [3.63, 3.8) is 0 Å². The number of aromatic hydroxyl groups is 2. The molecule has 0 saturated heterocycles. The number of phenolic OH excluding ortho intramolecular Hbond substituents is 2. The number of hydrogen-bond donors (Lipinski definition) is 2. The first kappa shape index (κ1) is 23.3. The number of hydrogen-bond acceptors (Lipinski definition) is 2. The van der Waals surface area contributed by atoms with Gasteiger partial charge in [0.25, 0.3) is 0 Å². The van der Waals surface area contributed by atoms with Crippen molar-refractivity contribution in [3.05, 3.63) is 59.7 Å². The van der Waals surface area contributed by atoms with E-state index < -0.39 is 0 Å². The Morgan fingerprint density at radius 1 is 0.586 bits per heavy atom. The molecule has 0 spiro atoms. The van der Waals surface area contributed by atoms with Gasteiger partial charge in [-0.3, -0.25) is 0 Å². The maximum Gasteiger partial charge on any atom is 0.115 e. The van der Waals surface area contributed by atoms with Crippen molar-refractivity contribution < 1.29 is 10.2 Å². The monoisotopic (exact) mass is 396 g/mol. The Morgan fingerprint density at radius 2 is 1.07 bits per heavy atom. The molecule has 0 fully saturated rings. The molecule has 0 aliphatic heterocycles. The quantitative estimate of drug-likeness (QED) is 0.298. The first-order chi connectivity index (χ1) is 14.2. The Labute approximate surface area is 178 Å². The molecule has 0 heterocycles. The van der Waals surface area contributed by atoms with E-state index in [-0.39, 0.29) is 0 Å². The van der Waals surface area contributed by atoms with Gasteiger partial charge in [0.15, 0.2) is 0 Å². The summed E-state index contributed by atoms with van der Waals surface area (Å²) in [5, 5.41) is 18.9. The average molecular weight is 397 g/mol. The normalized spacial score (nSPS) is 12.2. The van der Waals surface area contributed by atoms with Crippen molar-refractivity contribution in [2.24, 2.45) is 0 Å². The van der Waals surface area contributed by atoms with E-state index in [0.29, 0.717) is 17.4 Å². The van der Waals surface area contributed by atoms with Crippen LogP contribution < -0.4 is 0 Å². The molecule has 2 N–H and O–H groups in total. The lowest BCUT2D eigenvalue weighted by molar-refractivity contribution is 0.471. The van der Waals surface area contributed by atoms with Gasteiger partial charge >= 0.3 is 0 Å². The molecule has 1 atom stereocenters. The van der Waals surface area contributed by atoms with Crippen LogP contribution in [0.25, 0.3) is 0 Å². The summed E-state index contributed by atoms with van der Waals surface area (Å²) in [6.45, 7) is 2.27. The van der Waals surface area contributed by atoms with Crippen molar-refractivity contribution in [1.82, 2.24) is 0 Å². The van der Waals surface area contributed by atoms with Gasteiger partial charge in [0, 0.05) is 0 Å². The van der Waals surface area contributed by atoms with Crippen LogP contribution in [-0.4, -0.2) is 10.2 Å². The molecule has 0 aliphatic carbocycles. The number of aryl methyl sites for hydroxylation is 1. The van der Waals surface area contributed by atoms with Crippen LogP contribution in [0.3, 0.4) is 0 Å². The summed E-state index contributed by atoms with van der Waals surface area (Å²) in [6.07, 6.45) is 16.7. The van der Waals surface area contributed by atoms with Gasteiger partial charge in [-0.25, -0.2) is 0 Å². The van der Waals surface area contributed by atoms with Crippen LogP contribution in [0.5, 0.6) is 11.5 Å². The van der Waals surface area contributed by atoms with Gasteiger partial charge < -0.3 is 10.2 Å². The Morgan fingerprint density at radius 3 is 1.66 bits per heavy atom. The summed E-state index contributed by atoms with van der Waals surface area (Å²) >= 11 is 0. The zero-order valence-corrected chi connectivity index (χ0v) is 18.3. The Hall–Kier alpha value is -1.96. The van der Waals surface area contributed by atoms with Crippen molar-refractivity contribution >= 4 is 0 Å². The highest BCUT2D eigenvalue weighted by Gasteiger charge is 2.11. The van der Waals surface area contributed by atoms with E-state index >= 15 is 0 Å². The van der Waals surface area contributed by atoms with E-state index in [0.717, 1.165) is 6.42 Å². The SMILES string of the molecule is CCCCCCCC(CCCCCCCc1ccc(O)cc1)c1ccc(O)cc1. The van der Waals surface area contributed by atoms with E-state index in [2.05, 4.69) is 19.1 Å². The minimum Gasteiger partial charge on any atom is -0.508 e. The van der Waals surface area contributed by atoms with Gasteiger partial charge in [-0.1, -0.05) is 89.0 Å². The molecule has 2 heteroatoms. The van der Waals surface area contributed by atoms with Gasteiger partial charge in [-0.2, -0.15) is 0 Å². The zero-order chi connectivity index (χ0) is 20.7. The predicted molar refractivity (Wildman–Crippen MR) is 124 cm³/mol. The lowest BCUT2D eigenvalue weighted by Gasteiger charge is -2.18. The fourth-order valence-electron chi connectivity index (χ4n) is 4.13. The van der Waals surface area contributed by atoms with Crippen LogP contribution in [0.4, 0.5) is 0 Å². The highest BCUT2D eigenvalue weighted by molar-refractivity contribution is 5.28. The standard InChI is InChI=1S/C27H40O2/c1-2-3-4-6-10-13-24(25-17-21-27(29)22-18-25)14-11-8-5-7-9-12-23-15-19-26(28)20-16-23/h15-22,24,28-29H,2-14H2,1H3. The second kappa shape index (κ2) is 14.1. The van der Waals surface area contributed by atoms with E-state index in [1.54, 1.807) is 12.1 Å². The molecule has 2 aromatic rings. The first-order valence-electron chi connectivity index (χ1n) is 11.8. The van der Waals surface area contributed by atoms with Crippen molar-refractivity contribution in [2.45, 2.75) is 96.3 Å². The Bertz CT molecular complexity index is 645. The predicted octanol–water partition coefficient (Wildman–Crippen LogP) is 8.13. The largest absolute Gasteiger partial charge is 0.508 e. The molecule has 29 heavy (non-hydrogen) atoms. The van der Waals surface area contributed by atoms with E-state index in [4.69, 9.17) is 0 Å². The molecule has 2 nitrogen and oxygen atoms in total. The highest BCUT2D eigenvalue weighted by Crippen LogP contribution is 2.29. The minimum atomic E-state index is 0.349. The zero-order valence-electron chi connectivity index (χ0n) is 18.3. The molecule has 1 unspecified atom stereocenters. The molecule has 0 saturated carbocycles. The second-order valence-electron chi connectivity index (χ2n) is 8.46. The van der Waals surface area contributed by atoms with Crippen LogP contribution in [0.1, 0.15) is 101 Å². The highest BCUT2D eigenvalue weighted by atomic mass is 16.3. The number of benzene rings is 2. The molecule has 2 rings (SSSR count). The van der Waals surface area contributed by atoms with Gasteiger partial charge in [0.1, 0.15) is 11.5 Å². The minimum absolute atomic E-state index is 0.349. The van der Waals surface area contributed by atoms with Crippen molar-refractivity contribution in [2.75, 3.05) is 0 Å². The lowest BCUT2D eigenvalue weighted by Crippen LogP contribution is -2.00. The smallest absolute Gasteiger partial charge is 0.115 e. The third kappa shape index (κ3) is 9.87. The molecule has 0 aliphatic rings. The molecule has 160 valence electrons. The van der Waals surface area contributed by atoms with Gasteiger partial charge in [-0.15, -0.1) is 0 Å². The number of unbranched alkanes of at least 4 members (excludes halogenated alkanes) is 8. The summed E-state index contributed by atoms with van der Waals surface area (Å²) in [7, 11) is 0. The van der Waals surface area contributed by atoms with Gasteiger partial charge in [-0.05, 0) is 67.0 Å². The third-order valence-electron chi connectivity index (χ3n) is 5.98. The molecule has 2 aromatic carbocycles. The van der Waals surface area contributed by atoms with E-state index in [9.17, 15) is 10.2 Å². The van der Waals surface area contributed by atoms with Crippen LogP contribution in [0.2, 0.25) is 0 Å². The molecule has 0 aromatic heterocycles. The fraction of sp³-hybridized carbons (Fsp3) is 0.556. The van der Waals surface area contributed by atoms with Crippen LogP contribution in [-0.2, 0) is 6.42 Å². The lowest BCUT2D eigenvalue weighted by atomic mass is 9.88. The maximum absolute atomic E-state index is 9.59. The average Bonchev–Trinajstić information content (AvgIpc) is 2.73. The Balaban J connectivity index is 1.65. The van der Waals surface area contributed by atoms with Crippen molar-refractivity contribution in [1.29, 1.82) is 0 Å². The molecular formula is C27H40O2. The number of phenols is 2. The van der Waals surface area contributed by atoms with Gasteiger partial charge in [0.05, 0.1) is 0 Å². The van der Waals surface area contributed by atoms with Crippen molar-refractivity contribution in [3.8, 4) is 11.5 Å². The van der Waals surface area contributed by atoms with Crippen LogP contribution >= 0.6 is 0 Å². The first-order valence-corrected chi connectivity index (χ1v) is 11.8. The van der Waals surface area contributed by atoms with E-state index in [1.165, 1.54) is 88.2 Å². The number of rotatable bonds is 15. The third-order valence-corrected chi connectivity index (χ3v) is 5.98. The van der Waals surface area contributed by atoms with E-state index in [1.807, 2.05) is 24.3 Å². The van der Waals surface area contributed by atoms with Crippen LogP contribution in [0.15, 0.2) is 48.5 Å². The Kier molecular flexibility index (Phi) is 11.3. The topological polar surface area (TPSA) is 40.5 Å². The summed E-state index contributed by atoms with van der Waals surface area (Å²) in [5.41, 5.74) is 2.71. The fourth-order valence-corrected chi connectivity index (χ4v) is 4.13. The molecule has 0 radical (unpaired) electrons. The van der Waals surface area contributed by atoms with Gasteiger partial charge in [0.2, 0.25) is 0 Å². The summed E-state index contributed by atoms with van der Waals surface area (Å²) in [4.78, 5) is 0. The summed E-state index contributed by atoms with van der Waals surface area (Å²) in [5.74, 6) is 1.35. The molecular weight excluding hydrogens is 356 g/mol. The summed E-state index contributed by atoms with van der Waals surface area (Å²) in [6, 6.07) is 15.5. The summed E-state index contributed by atoms with van der Waals surface area (Å²) < 4.78 is 0. The maximum atomic E-state index is 9.59.